The van der Waals surface area contributed by atoms with E-state index in [4.69, 9.17) is 13.8 Å². The lowest BCUT2D eigenvalue weighted by Crippen LogP contribution is -2.48. The zero-order valence-corrected chi connectivity index (χ0v) is 16.0. The molecule has 6 nitrogen and oxygen atoms in total. The van der Waals surface area contributed by atoms with Gasteiger partial charge < -0.3 is 13.7 Å². The number of fused-ring (bicyclic) bond motifs is 1. The molecule has 0 radical (unpaired) electrons. The maximum absolute atomic E-state index is 12.4. The second kappa shape index (κ2) is 7.56. The molecule has 2 aromatic carbocycles. The summed E-state index contributed by atoms with van der Waals surface area (Å²) in [6.45, 7) is 3.64. The number of carbonyl (C=O) groups excluding carboxylic acids is 1. The number of benzene rings is 2. The molecule has 0 bridgehead atoms. The van der Waals surface area contributed by atoms with E-state index in [0.717, 1.165) is 29.7 Å². The van der Waals surface area contributed by atoms with E-state index in [2.05, 4.69) is 23.1 Å². The maximum atomic E-state index is 12.4. The third-order valence-electron chi connectivity index (χ3n) is 5.35. The number of rotatable bonds is 4. The molecule has 0 saturated carbocycles. The highest BCUT2D eigenvalue weighted by molar-refractivity contribution is 5.94. The monoisotopic (exact) mass is 387 g/mol. The van der Waals surface area contributed by atoms with Gasteiger partial charge in [0.1, 0.15) is 6.26 Å². The summed E-state index contributed by atoms with van der Waals surface area (Å²) in [5.41, 5.74) is 1.90. The highest BCUT2D eigenvalue weighted by Crippen LogP contribution is 2.28. The molecule has 0 aliphatic carbocycles. The van der Waals surface area contributed by atoms with Crippen molar-refractivity contribution in [1.29, 1.82) is 0 Å². The number of carbonyl (C=O) groups is 1. The van der Waals surface area contributed by atoms with Crippen molar-refractivity contribution in [3.63, 3.8) is 0 Å². The summed E-state index contributed by atoms with van der Waals surface area (Å²) >= 11 is 0. The summed E-state index contributed by atoms with van der Waals surface area (Å²) in [4.78, 5) is 21.2. The van der Waals surface area contributed by atoms with E-state index in [0.29, 0.717) is 31.3 Å². The number of furan rings is 1. The molecular formula is C23H21N3O3. The Morgan fingerprint density at radius 1 is 0.931 bits per heavy atom. The first-order chi connectivity index (χ1) is 14.3. The molecule has 1 aliphatic heterocycles. The molecular weight excluding hydrogens is 366 g/mol. The van der Waals surface area contributed by atoms with Gasteiger partial charge in [-0.15, -0.1) is 0 Å². The zero-order chi connectivity index (χ0) is 19.6. The first-order valence-corrected chi connectivity index (χ1v) is 9.75. The second-order valence-electron chi connectivity index (χ2n) is 7.22. The van der Waals surface area contributed by atoms with Crippen LogP contribution in [0.4, 0.5) is 0 Å². The van der Waals surface area contributed by atoms with Crippen molar-refractivity contribution in [3.05, 3.63) is 78.6 Å². The third-order valence-corrected chi connectivity index (χ3v) is 5.35. The first kappa shape index (κ1) is 17.7. The van der Waals surface area contributed by atoms with Crippen LogP contribution >= 0.6 is 0 Å². The number of aromatic nitrogens is 1. The van der Waals surface area contributed by atoms with E-state index in [1.54, 1.807) is 18.4 Å². The zero-order valence-electron chi connectivity index (χ0n) is 16.0. The standard InChI is InChI=1S/C23H21N3O3/c27-23(21-9-4-14-28-21)26-12-10-25(11-13-26)15-18-16-29-22(24-18)20-8-3-6-17-5-1-2-7-19(17)20/h1-9,14,16H,10-13,15H2. The lowest BCUT2D eigenvalue weighted by atomic mass is 10.0. The highest BCUT2D eigenvalue weighted by Gasteiger charge is 2.24. The van der Waals surface area contributed by atoms with E-state index in [9.17, 15) is 4.79 Å². The van der Waals surface area contributed by atoms with Gasteiger partial charge >= 0.3 is 0 Å². The number of hydrogen-bond acceptors (Lipinski definition) is 5. The van der Waals surface area contributed by atoms with Crippen LogP contribution in [0.25, 0.3) is 22.2 Å². The largest absolute Gasteiger partial charge is 0.459 e. The van der Waals surface area contributed by atoms with Gasteiger partial charge in [-0.25, -0.2) is 4.98 Å². The molecule has 29 heavy (non-hydrogen) atoms. The summed E-state index contributed by atoms with van der Waals surface area (Å²) in [5.74, 6) is 0.993. The molecule has 1 aliphatic rings. The van der Waals surface area contributed by atoms with Crippen LogP contribution in [-0.2, 0) is 6.54 Å². The molecule has 1 fully saturated rings. The summed E-state index contributed by atoms with van der Waals surface area (Å²) in [6, 6.07) is 17.8. The molecule has 0 N–H and O–H groups in total. The van der Waals surface area contributed by atoms with Gasteiger partial charge in [0.15, 0.2) is 5.76 Å². The van der Waals surface area contributed by atoms with Crippen LogP contribution in [0.2, 0.25) is 0 Å². The van der Waals surface area contributed by atoms with Gasteiger partial charge in [0, 0.05) is 38.3 Å². The molecule has 0 unspecified atom stereocenters. The van der Waals surface area contributed by atoms with Crippen LogP contribution < -0.4 is 0 Å². The molecule has 146 valence electrons. The van der Waals surface area contributed by atoms with Gasteiger partial charge in [-0.05, 0) is 29.0 Å². The molecule has 1 amide bonds. The van der Waals surface area contributed by atoms with Crippen LogP contribution in [-0.4, -0.2) is 46.9 Å². The highest BCUT2D eigenvalue weighted by atomic mass is 16.3. The SMILES string of the molecule is O=C(c1ccco1)N1CCN(Cc2coc(-c3cccc4ccccc34)n2)CC1. The maximum Gasteiger partial charge on any atom is 0.289 e. The third kappa shape index (κ3) is 3.54. The van der Waals surface area contributed by atoms with Crippen LogP contribution in [0, 0.1) is 0 Å². The Morgan fingerprint density at radius 2 is 1.76 bits per heavy atom. The Balaban J connectivity index is 1.25. The Hall–Kier alpha value is -3.38. The van der Waals surface area contributed by atoms with Gasteiger partial charge in [0.25, 0.3) is 5.91 Å². The van der Waals surface area contributed by atoms with Crippen LogP contribution in [0.1, 0.15) is 16.2 Å². The number of amides is 1. The smallest absolute Gasteiger partial charge is 0.289 e. The number of hydrogen-bond donors (Lipinski definition) is 0. The summed E-state index contributed by atoms with van der Waals surface area (Å²) < 4.78 is 11.0. The van der Waals surface area contributed by atoms with Crippen LogP contribution in [0.15, 0.2) is 76.0 Å². The molecule has 3 heterocycles. The van der Waals surface area contributed by atoms with Crippen molar-refractivity contribution >= 4 is 16.7 Å². The molecule has 5 rings (SSSR count). The molecule has 4 aromatic rings. The van der Waals surface area contributed by atoms with Gasteiger partial charge in [-0.2, -0.15) is 0 Å². The Kier molecular flexibility index (Phi) is 4.62. The summed E-state index contributed by atoms with van der Waals surface area (Å²) in [7, 11) is 0. The fourth-order valence-electron chi connectivity index (χ4n) is 3.81. The molecule has 2 aromatic heterocycles. The Bertz CT molecular complexity index is 1120. The minimum atomic E-state index is -0.0469. The van der Waals surface area contributed by atoms with Crippen molar-refractivity contribution < 1.29 is 13.6 Å². The summed E-state index contributed by atoms with van der Waals surface area (Å²) in [5, 5.41) is 2.30. The first-order valence-electron chi connectivity index (χ1n) is 9.75. The topological polar surface area (TPSA) is 62.7 Å². The van der Waals surface area contributed by atoms with Crippen molar-refractivity contribution in [2.45, 2.75) is 6.54 Å². The lowest BCUT2D eigenvalue weighted by molar-refractivity contribution is 0.0596. The fraction of sp³-hybridized carbons (Fsp3) is 0.217. The molecule has 0 spiro atoms. The minimum Gasteiger partial charge on any atom is -0.459 e. The van der Waals surface area contributed by atoms with Gasteiger partial charge in [0.05, 0.1) is 12.0 Å². The van der Waals surface area contributed by atoms with E-state index < -0.39 is 0 Å². The Morgan fingerprint density at radius 3 is 2.59 bits per heavy atom. The normalized spacial score (nSPS) is 15.1. The van der Waals surface area contributed by atoms with Gasteiger partial charge in [-0.3, -0.25) is 9.69 Å². The van der Waals surface area contributed by atoms with Crippen molar-refractivity contribution in [2.75, 3.05) is 26.2 Å². The lowest BCUT2D eigenvalue weighted by Gasteiger charge is -2.33. The Labute approximate surface area is 168 Å². The van der Waals surface area contributed by atoms with Gasteiger partial charge in [-0.1, -0.05) is 36.4 Å². The van der Waals surface area contributed by atoms with E-state index in [1.165, 1.54) is 11.6 Å². The minimum absolute atomic E-state index is 0.0469. The van der Waals surface area contributed by atoms with E-state index >= 15 is 0 Å². The van der Waals surface area contributed by atoms with Gasteiger partial charge in [0.2, 0.25) is 5.89 Å². The molecule has 1 saturated heterocycles. The van der Waals surface area contributed by atoms with Crippen LogP contribution in [0.3, 0.4) is 0 Å². The van der Waals surface area contributed by atoms with Crippen molar-refractivity contribution in [3.8, 4) is 11.5 Å². The predicted molar refractivity (Wildman–Crippen MR) is 109 cm³/mol. The summed E-state index contributed by atoms with van der Waals surface area (Å²) in [6.07, 6.45) is 3.26. The molecule has 6 heteroatoms. The number of oxazole rings is 1. The molecule has 0 atom stereocenters. The van der Waals surface area contributed by atoms with Crippen LogP contribution in [0.5, 0.6) is 0 Å². The quantitative estimate of drug-likeness (QED) is 0.529. The predicted octanol–water partition coefficient (Wildman–Crippen LogP) is 4.05. The fourth-order valence-corrected chi connectivity index (χ4v) is 3.81. The second-order valence-corrected chi connectivity index (χ2v) is 7.22. The number of piperazine rings is 1. The van der Waals surface area contributed by atoms with E-state index in [1.807, 2.05) is 29.2 Å². The average Bonchev–Trinajstić information content (AvgIpc) is 3.46. The van der Waals surface area contributed by atoms with Crippen molar-refractivity contribution in [1.82, 2.24) is 14.8 Å². The number of nitrogens with zero attached hydrogens (tertiary/aromatic N) is 3. The van der Waals surface area contributed by atoms with Crippen molar-refractivity contribution in [2.24, 2.45) is 0 Å². The van der Waals surface area contributed by atoms with E-state index in [-0.39, 0.29) is 5.91 Å². The average molecular weight is 387 g/mol.